The first-order chi connectivity index (χ1) is 22.9. The Balaban J connectivity index is 1.27. The zero-order valence-electron chi connectivity index (χ0n) is 27.3. The van der Waals surface area contributed by atoms with Gasteiger partial charge < -0.3 is 34.3 Å². The molecule has 4 heterocycles. The Morgan fingerprint density at radius 2 is 1.83 bits per heavy atom. The fraction of sp³-hybridized carbons (Fsp3) is 0.417. The number of nitrogens with zero attached hydrogens (tertiary/aromatic N) is 3. The molecule has 0 radical (unpaired) electrons. The van der Waals surface area contributed by atoms with Gasteiger partial charge in [-0.15, -0.1) is 0 Å². The Hall–Kier alpha value is -4.36. The van der Waals surface area contributed by atoms with Crippen molar-refractivity contribution in [1.82, 2.24) is 19.7 Å². The van der Waals surface area contributed by atoms with E-state index in [2.05, 4.69) is 15.5 Å². The molecule has 1 unspecified atom stereocenters. The number of aromatic nitrogens is 1. The molecule has 0 spiro atoms. The Labute approximate surface area is 277 Å². The van der Waals surface area contributed by atoms with Gasteiger partial charge in [-0.3, -0.25) is 19.7 Å². The van der Waals surface area contributed by atoms with Gasteiger partial charge in [-0.25, -0.2) is 4.39 Å². The summed E-state index contributed by atoms with van der Waals surface area (Å²) in [4.78, 5) is 44.8. The van der Waals surface area contributed by atoms with Crippen molar-refractivity contribution in [2.24, 2.45) is 0 Å². The third-order valence-corrected chi connectivity index (χ3v) is 9.16. The van der Waals surface area contributed by atoms with Crippen molar-refractivity contribution in [3.05, 3.63) is 70.3 Å². The number of nitrogens with one attached hydrogen (secondary N) is 2. The molecule has 0 saturated carbocycles. The second-order valence-electron chi connectivity index (χ2n) is 13.8. The molecule has 3 aliphatic rings. The fourth-order valence-corrected chi connectivity index (χ4v) is 6.86. The maximum atomic E-state index is 16.0. The SMILES string of the molecule is CC(C)(C)OC(O)N[C@@H]1CCN(C(=O)c2cn3c4c(c(NC(=O)CCN5CCCC5)c(F)cc4c2=O)Oc2cc4ccccc4cc2-3)C1. The summed E-state index contributed by atoms with van der Waals surface area (Å²) < 4.78 is 29.5. The molecule has 0 bridgehead atoms. The molecule has 2 saturated heterocycles. The van der Waals surface area contributed by atoms with Gasteiger partial charge in [-0.1, -0.05) is 24.3 Å². The van der Waals surface area contributed by atoms with Crippen LogP contribution in [0.5, 0.6) is 11.5 Å². The minimum Gasteiger partial charge on any atom is -0.451 e. The third-order valence-electron chi connectivity index (χ3n) is 9.16. The number of anilines is 1. The van der Waals surface area contributed by atoms with E-state index >= 15 is 4.39 Å². The monoisotopic (exact) mass is 657 g/mol. The van der Waals surface area contributed by atoms with E-state index in [4.69, 9.17) is 9.47 Å². The van der Waals surface area contributed by atoms with Crippen LogP contribution in [0.25, 0.3) is 27.4 Å². The lowest BCUT2D eigenvalue weighted by Gasteiger charge is -2.27. The van der Waals surface area contributed by atoms with Crippen LogP contribution in [0.3, 0.4) is 0 Å². The fourth-order valence-electron chi connectivity index (χ4n) is 6.86. The van der Waals surface area contributed by atoms with Crippen LogP contribution in [-0.4, -0.2) is 82.1 Å². The van der Waals surface area contributed by atoms with E-state index in [0.29, 0.717) is 30.9 Å². The number of hydrogen-bond donors (Lipinski definition) is 3. The molecule has 2 atom stereocenters. The molecule has 3 aliphatic heterocycles. The number of aliphatic hydroxyl groups is 1. The number of halogens is 1. The maximum Gasteiger partial charge on any atom is 0.259 e. The Morgan fingerprint density at radius 3 is 2.56 bits per heavy atom. The summed E-state index contributed by atoms with van der Waals surface area (Å²) in [5.41, 5.74) is -0.649. The number of aliphatic hydroxyl groups excluding tert-OH is 1. The predicted octanol–water partition coefficient (Wildman–Crippen LogP) is 4.71. The number of pyridine rings is 1. The van der Waals surface area contributed by atoms with Crippen LogP contribution in [0.15, 0.2) is 53.5 Å². The summed E-state index contributed by atoms with van der Waals surface area (Å²) in [7, 11) is 0. The van der Waals surface area contributed by atoms with Crippen LogP contribution in [0.1, 0.15) is 56.8 Å². The summed E-state index contributed by atoms with van der Waals surface area (Å²) in [5, 5.41) is 17.8. The molecule has 4 aromatic rings. The Morgan fingerprint density at radius 1 is 1.10 bits per heavy atom. The van der Waals surface area contributed by atoms with Crippen molar-refractivity contribution in [3.8, 4) is 17.2 Å². The summed E-state index contributed by atoms with van der Waals surface area (Å²) in [6, 6.07) is 12.2. The topological polar surface area (TPSA) is 125 Å². The first kappa shape index (κ1) is 32.2. The van der Waals surface area contributed by atoms with Gasteiger partial charge in [0, 0.05) is 38.3 Å². The summed E-state index contributed by atoms with van der Waals surface area (Å²) in [6.07, 6.45) is 3.19. The average Bonchev–Trinajstić information content (AvgIpc) is 3.73. The molecule has 3 aromatic carbocycles. The first-order valence-electron chi connectivity index (χ1n) is 16.5. The minimum atomic E-state index is -1.22. The lowest BCUT2D eigenvalue weighted by molar-refractivity contribution is -0.185. The highest BCUT2D eigenvalue weighted by Gasteiger charge is 2.34. The van der Waals surface area contributed by atoms with Crippen molar-refractivity contribution in [2.45, 2.75) is 64.5 Å². The van der Waals surface area contributed by atoms with E-state index in [1.165, 1.54) is 6.20 Å². The van der Waals surface area contributed by atoms with Crippen LogP contribution in [0, 0.1) is 5.82 Å². The number of carbonyl (C=O) groups is 2. The molecular weight excluding hydrogens is 617 g/mol. The van der Waals surface area contributed by atoms with Gasteiger partial charge in [0.2, 0.25) is 17.7 Å². The van der Waals surface area contributed by atoms with Crippen LogP contribution < -0.4 is 20.8 Å². The largest absolute Gasteiger partial charge is 0.451 e. The Kier molecular flexibility index (Phi) is 8.44. The molecule has 7 rings (SSSR count). The van der Waals surface area contributed by atoms with E-state index in [0.717, 1.165) is 42.8 Å². The van der Waals surface area contributed by atoms with Crippen LogP contribution in [-0.2, 0) is 9.53 Å². The van der Waals surface area contributed by atoms with Crippen molar-refractivity contribution in [2.75, 3.05) is 38.0 Å². The average molecular weight is 658 g/mol. The molecule has 0 aliphatic carbocycles. The van der Waals surface area contributed by atoms with Crippen molar-refractivity contribution < 1.29 is 28.6 Å². The molecule has 1 aromatic heterocycles. The highest BCUT2D eigenvalue weighted by molar-refractivity contribution is 6.04. The van der Waals surface area contributed by atoms with E-state index < -0.39 is 29.2 Å². The smallest absolute Gasteiger partial charge is 0.259 e. The predicted molar refractivity (Wildman–Crippen MR) is 180 cm³/mol. The van der Waals surface area contributed by atoms with Crippen LogP contribution in [0.4, 0.5) is 10.1 Å². The third kappa shape index (κ3) is 6.28. The molecule has 2 amide bonds. The van der Waals surface area contributed by atoms with Gasteiger partial charge in [-0.05, 0) is 82.1 Å². The van der Waals surface area contributed by atoms with Gasteiger partial charge in [-0.2, -0.15) is 0 Å². The van der Waals surface area contributed by atoms with Gasteiger partial charge in [0.05, 0.1) is 16.7 Å². The van der Waals surface area contributed by atoms with E-state index in [9.17, 15) is 19.5 Å². The second kappa shape index (κ2) is 12.6. The van der Waals surface area contributed by atoms with E-state index in [1.807, 2.05) is 57.2 Å². The standard InChI is InChI=1S/C36H40FN5O6/c1-36(2,3)48-35(46)38-23-10-15-41(19-23)34(45)25-20-42-27-16-21-8-4-5-9-22(21)17-28(27)47-33-30(26(37)18-24(31(33)42)32(25)44)39-29(43)11-14-40-12-6-7-13-40/h4-5,8-9,16-18,20,23,35,38,46H,6-7,10-15,19H2,1-3H3,(H,39,43)/t23-,35?/m1/s1. The van der Waals surface area contributed by atoms with Gasteiger partial charge in [0.25, 0.3) is 5.91 Å². The Bertz CT molecular complexity index is 1980. The van der Waals surface area contributed by atoms with Gasteiger partial charge >= 0.3 is 0 Å². The summed E-state index contributed by atoms with van der Waals surface area (Å²) >= 11 is 0. The van der Waals surface area contributed by atoms with Crippen molar-refractivity contribution in [1.29, 1.82) is 0 Å². The highest BCUT2D eigenvalue weighted by atomic mass is 19.1. The number of rotatable bonds is 8. The number of likely N-dealkylation sites (tertiary alicyclic amines) is 2. The number of amides is 2. The number of hydrogen-bond acceptors (Lipinski definition) is 8. The van der Waals surface area contributed by atoms with Crippen LogP contribution >= 0.6 is 0 Å². The zero-order valence-corrected chi connectivity index (χ0v) is 27.3. The quantitative estimate of drug-likeness (QED) is 0.205. The second-order valence-corrected chi connectivity index (χ2v) is 13.8. The van der Waals surface area contributed by atoms with Crippen molar-refractivity contribution >= 4 is 39.2 Å². The zero-order chi connectivity index (χ0) is 33.7. The van der Waals surface area contributed by atoms with Gasteiger partial charge in [0.1, 0.15) is 16.8 Å². The van der Waals surface area contributed by atoms with E-state index in [1.54, 1.807) is 9.47 Å². The highest BCUT2D eigenvalue weighted by Crippen LogP contribution is 2.46. The first-order valence-corrected chi connectivity index (χ1v) is 16.5. The lowest BCUT2D eigenvalue weighted by Crippen LogP contribution is -2.45. The minimum absolute atomic E-state index is 0.0108. The molecule has 12 heteroatoms. The number of ether oxygens (including phenoxy) is 2. The van der Waals surface area contributed by atoms with Gasteiger partial charge in [0.15, 0.2) is 17.3 Å². The maximum absolute atomic E-state index is 16.0. The molecule has 252 valence electrons. The number of fused-ring (bicyclic) bond motifs is 3. The molecule has 2 fully saturated rings. The molecule has 11 nitrogen and oxygen atoms in total. The molecule has 3 N–H and O–H groups in total. The van der Waals surface area contributed by atoms with Crippen LogP contribution in [0.2, 0.25) is 0 Å². The normalized spacial score (nSPS) is 18.3. The van der Waals surface area contributed by atoms with E-state index in [-0.39, 0.29) is 52.8 Å². The molecular formula is C36H40FN5O6. The van der Waals surface area contributed by atoms with Crippen molar-refractivity contribution in [3.63, 3.8) is 0 Å². The summed E-state index contributed by atoms with van der Waals surface area (Å²) in [6.45, 7) is 8.52. The lowest BCUT2D eigenvalue weighted by atomic mass is 10.0. The summed E-state index contributed by atoms with van der Waals surface area (Å²) in [5.74, 6) is -1.29. The number of benzene rings is 3. The molecule has 48 heavy (non-hydrogen) atoms. The number of carbonyl (C=O) groups excluding carboxylic acids is 2.